The van der Waals surface area contributed by atoms with E-state index < -0.39 is 0 Å². The van der Waals surface area contributed by atoms with Crippen LogP contribution < -0.4 is 5.73 Å². The van der Waals surface area contributed by atoms with Gasteiger partial charge in [0.2, 0.25) is 0 Å². The van der Waals surface area contributed by atoms with Crippen LogP contribution in [-0.4, -0.2) is 24.5 Å². The fourth-order valence-electron chi connectivity index (χ4n) is 2.52. The van der Waals surface area contributed by atoms with Crippen LogP contribution in [0.15, 0.2) is 12.1 Å². The molecule has 0 saturated heterocycles. The number of rotatable bonds is 7. The Morgan fingerprint density at radius 1 is 1.06 bits per heavy atom. The van der Waals surface area contributed by atoms with E-state index in [9.17, 15) is 0 Å². The quantitative estimate of drug-likeness (QED) is 0.803. The van der Waals surface area contributed by atoms with Gasteiger partial charge in [-0.3, -0.25) is 4.90 Å². The van der Waals surface area contributed by atoms with E-state index in [4.69, 9.17) is 5.73 Å². The van der Waals surface area contributed by atoms with Gasteiger partial charge in [0.15, 0.2) is 0 Å². The normalized spacial score (nSPS) is 11.2. The van der Waals surface area contributed by atoms with Crippen LogP contribution in [0.1, 0.15) is 42.0 Å². The first-order chi connectivity index (χ1) is 8.58. The van der Waals surface area contributed by atoms with Crippen molar-refractivity contribution < 1.29 is 0 Å². The Hall–Kier alpha value is -0.860. The van der Waals surface area contributed by atoms with Crippen LogP contribution in [0.5, 0.6) is 0 Å². The summed E-state index contributed by atoms with van der Waals surface area (Å²) in [6.07, 6.45) is 2.50. The Bertz CT molecular complexity index is 348. The van der Waals surface area contributed by atoms with E-state index in [1.807, 2.05) is 0 Å². The van der Waals surface area contributed by atoms with Crippen LogP contribution in [-0.2, 0) is 6.54 Å². The maximum atomic E-state index is 5.71. The number of aryl methyl sites for hydroxylation is 3. The van der Waals surface area contributed by atoms with Gasteiger partial charge in [0, 0.05) is 19.6 Å². The van der Waals surface area contributed by atoms with Crippen molar-refractivity contribution in [3.63, 3.8) is 0 Å². The summed E-state index contributed by atoms with van der Waals surface area (Å²) in [5.41, 5.74) is 11.4. The van der Waals surface area contributed by atoms with Crippen LogP contribution in [0.2, 0.25) is 0 Å². The second kappa shape index (κ2) is 7.55. The van der Waals surface area contributed by atoms with Crippen molar-refractivity contribution in [2.45, 2.75) is 47.1 Å². The number of benzene rings is 1. The topological polar surface area (TPSA) is 29.3 Å². The summed E-state index contributed by atoms with van der Waals surface area (Å²) < 4.78 is 0. The van der Waals surface area contributed by atoms with Gasteiger partial charge >= 0.3 is 0 Å². The number of nitrogens with two attached hydrogens (primary N) is 1. The summed E-state index contributed by atoms with van der Waals surface area (Å²) >= 11 is 0. The number of hydrogen-bond acceptors (Lipinski definition) is 2. The molecule has 0 aromatic heterocycles. The third-order valence-corrected chi connectivity index (χ3v) is 3.50. The van der Waals surface area contributed by atoms with Crippen LogP contribution in [0.4, 0.5) is 0 Å². The number of hydrogen-bond donors (Lipinski definition) is 1. The van der Waals surface area contributed by atoms with E-state index in [2.05, 4.69) is 44.7 Å². The summed E-state index contributed by atoms with van der Waals surface area (Å²) in [6.45, 7) is 12.8. The lowest BCUT2D eigenvalue weighted by Gasteiger charge is -2.23. The van der Waals surface area contributed by atoms with Crippen LogP contribution in [0.3, 0.4) is 0 Å². The van der Waals surface area contributed by atoms with Gasteiger partial charge in [-0.05, 0) is 50.4 Å². The summed E-state index contributed by atoms with van der Waals surface area (Å²) in [5, 5.41) is 0. The molecule has 2 nitrogen and oxygen atoms in total. The predicted molar refractivity (Wildman–Crippen MR) is 79.9 cm³/mol. The molecule has 1 aromatic rings. The first kappa shape index (κ1) is 15.2. The molecule has 102 valence electrons. The minimum absolute atomic E-state index is 0.744. The Labute approximate surface area is 112 Å². The predicted octanol–water partition coefficient (Wildman–Crippen LogP) is 3.17. The van der Waals surface area contributed by atoms with E-state index in [-0.39, 0.29) is 0 Å². The summed E-state index contributed by atoms with van der Waals surface area (Å²) in [6, 6.07) is 4.56. The van der Waals surface area contributed by atoms with Crippen molar-refractivity contribution in [2.24, 2.45) is 5.73 Å². The molecule has 0 aliphatic carbocycles. The maximum absolute atomic E-state index is 5.71. The highest BCUT2D eigenvalue weighted by atomic mass is 15.1. The molecule has 1 aromatic carbocycles. The zero-order chi connectivity index (χ0) is 13.5. The molecule has 0 aliphatic rings. The first-order valence-corrected chi connectivity index (χ1v) is 7.07. The van der Waals surface area contributed by atoms with Crippen LogP contribution >= 0.6 is 0 Å². The lowest BCUT2D eigenvalue weighted by molar-refractivity contribution is 0.267. The molecule has 1 rings (SSSR count). The molecule has 0 amide bonds. The summed E-state index contributed by atoms with van der Waals surface area (Å²) in [4.78, 5) is 2.48. The van der Waals surface area contributed by atoms with Crippen molar-refractivity contribution in [2.75, 3.05) is 19.6 Å². The molecule has 18 heavy (non-hydrogen) atoms. The highest BCUT2D eigenvalue weighted by Gasteiger charge is 2.09. The van der Waals surface area contributed by atoms with Crippen molar-refractivity contribution in [3.8, 4) is 0 Å². The van der Waals surface area contributed by atoms with Gasteiger partial charge in [-0.2, -0.15) is 0 Å². The SMILES string of the molecule is CCCCN(CCN)Cc1c(C)cc(C)cc1C. The summed E-state index contributed by atoms with van der Waals surface area (Å²) in [5.74, 6) is 0. The van der Waals surface area contributed by atoms with E-state index in [1.54, 1.807) is 0 Å². The third-order valence-electron chi connectivity index (χ3n) is 3.50. The summed E-state index contributed by atoms with van der Waals surface area (Å²) in [7, 11) is 0. The number of nitrogens with zero attached hydrogens (tertiary/aromatic N) is 1. The van der Waals surface area contributed by atoms with Crippen molar-refractivity contribution in [1.29, 1.82) is 0 Å². The standard InChI is InChI=1S/C16H28N2/c1-5-6-8-18(9-7-17)12-16-14(3)10-13(2)11-15(16)4/h10-11H,5-9,12,17H2,1-4H3. The lowest BCUT2D eigenvalue weighted by atomic mass is 9.99. The highest BCUT2D eigenvalue weighted by Crippen LogP contribution is 2.18. The van der Waals surface area contributed by atoms with E-state index in [0.717, 1.165) is 26.2 Å². The Morgan fingerprint density at radius 2 is 1.67 bits per heavy atom. The molecule has 0 fully saturated rings. The molecule has 0 atom stereocenters. The smallest absolute Gasteiger partial charge is 0.0239 e. The van der Waals surface area contributed by atoms with E-state index in [0.29, 0.717) is 0 Å². The van der Waals surface area contributed by atoms with Crippen molar-refractivity contribution in [1.82, 2.24) is 4.90 Å². The monoisotopic (exact) mass is 248 g/mol. The first-order valence-electron chi connectivity index (χ1n) is 7.07. The van der Waals surface area contributed by atoms with E-state index >= 15 is 0 Å². The molecule has 0 bridgehead atoms. The molecule has 2 N–H and O–H groups in total. The minimum Gasteiger partial charge on any atom is -0.329 e. The Balaban J connectivity index is 2.79. The lowest BCUT2D eigenvalue weighted by Crippen LogP contribution is -2.30. The zero-order valence-electron chi connectivity index (χ0n) is 12.4. The molecule has 0 unspecified atom stereocenters. The molecule has 0 heterocycles. The second-order valence-corrected chi connectivity index (χ2v) is 5.30. The minimum atomic E-state index is 0.744. The van der Waals surface area contributed by atoms with Crippen LogP contribution in [0, 0.1) is 20.8 Å². The molecule has 0 aliphatic heterocycles. The van der Waals surface area contributed by atoms with E-state index in [1.165, 1.54) is 35.1 Å². The van der Waals surface area contributed by atoms with Gasteiger partial charge in [-0.15, -0.1) is 0 Å². The fraction of sp³-hybridized carbons (Fsp3) is 0.625. The number of unbranched alkanes of at least 4 members (excludes halogenated alkanes) is 1. The average Bonchev–Trinajstić information content (AvgIpc) is 2.30. The van der Waals surface area contributed by atoms with Crippen molar-refractivity contribution >= 4 is 0 Å². The molecular weight excluding hydrogens is 220 g/mol. The Kier molecular flexibility index (Phi) is 6.37. The van der Waals surface area contributed by atoms with Gasteiger partial charge in [0.05, 0.1) is 0 Å². The van der Waals surface area contributed by atoms with Gasteiger partial charge < -0.3 is 5.73 Å². The largest absolute Gasteiger partial charge is 0.329 e. The second-order valence-electron chi connectivity index (χ2n) is 5.30. The molecule has 0 saturated carbocycles. The molecule has 2 heteroatoms. The molecule has 0 radical (unpaired) electrons. The Morgan fingerprint density at radius 3 is 2.17 bits per heavy atom. The maximum Gasteiger partial charge on any atom is 0.0239 e. The van der Waals surface area contributed by atoms with Gasteiger partial charge in [0.25, 0.3) is 0 Å². The third kappa shape index (κ3) is 4.43. The molecular formula is C16H28N2. The fourth-order valence-corrected chi connectivity index (χ4v) is 2.52. The zero-order valence-corrected chi connectivity index (χ0v) is 12.4. The van der Waals surface area contributed by atoms with Gasteiger partial charge in [-0.25, -0.2) is 0 Å². The van der Waals surface area contributed by atoms with Crippen LogP contribution in [0.25, 0.3) is 0 Å². The highest BCUT2D eigenvalue weighted by molar-refractivity contribution is 5.37. The average molecular weight is 248 g/mol. The molecule has 0 spiro atoms. The van der Waals surface area contributed by atoms with Crippen molar-refractivity contribution in [3.05, 3.63) is 34.4 Å². The van der Waals surface area contributed by atoms with Gasteiger partial charge in [-0.1, -0.05) is 31.0 Å². The van der Waals surface area contributed by atoms with Gasteiger partial charge in [0.1, 0.15) is 0 Å².